The van der Waals surface area contributed by atoms with E-state index in [-0.39, 0.29) is 18.4 Å². The number of ether oxygens (including phenoxy) is 3. The summed E-state index contributed by atoms with van der Waals surface area (Å²) in [4.78, 5) is 34.3. The summed E-state index contributed by atoms with van der Waals surface area (Å²) in [5.41, 5.74) is 2.24. The Hall–Kier alpha value is -3.23. The van der Waals surface area contributed by atoms with Gasteiger partial charge < -0.3 is 19.1 Å². The van der Waals surface area contributed by atoms with Crippen LogP contribution in [0.15, 0.2) is 54.5 Å². The van der Waals surface area contributed by atoms with Crippen molar-refractivity contribution in [2.45, 2.75) is 19.9 Å². The number of hydrogen-bond acceptors (Lipinski definition) is 7. The number of methoxy groups -OCH3 is 2. The van der Waals surface area contributed by atoms with Crippen molar-refractivity contribution in [3.05, 3.63) is 65.6 Å². The third kappa shape index (κ3) is 5.97. The molecule has 0 radical (unpaired) electrons. The lowest BCUT2D eigenvalue weighted by Gasteiger charge is -2.25. The molecule has 0 spiro atoms. The van der Waals surface area contributed by atoms with E-state index in [2.05, 4.69) is 4.98 Å². The van der Waals surface area contributed by atoms with Gasteiger partial charge in [-0.3, -0.25) is 19.5 Å². The Morgan fingerprint density at radius 1 is 0.879 bits per heavy atom. The minimum Gasteiger partial charge on any atom is -0.494 e. The van der Waals surface area contributed by atoms with E-state index >= 15 is 0 Å². The smallest absolute Gasteiger partial charge is 0.278 e. The van der Waals surface area contributed by atoms with Crippen LogP contribution in [0.2, 0.25) is 0 Å². The molecule has 0 atom stereocenters. The highest BCUT2D eigenvalue weighted by molar-refractivity contribution is 6.35. The molecule has 0 saturated carbocycles. The molecule has 2 amide bonds. The van der Waals surface area contributed by atoms with E-state index in [1.54, 1.807) is 38.7 Å². The van der Waals surface area contributed by atoms with E-state index in [1.807, 2.05) is 36.1 Å². The van der Waals surface area contributed by atoms with Gasteiger partial charge in [0.1, 0.15) is 11.4 Å². The summed E-state index contributed by atoms with van der Waals surface area (Å²) in [6.07, 6.45) is 4.20. The van der Waals surface area contributed by atoms with E-state index in [0.717, 1.165) is 17.7 Å². The summed E-state index contributed by atoms with van der Waals surface area (Å²) in [6.45, 7) is 4.57. The fourth-order valence-electron chi connectivity index (χ4n) is 3.61. The van der Waals surface area contributed by atoms with Crippen molar-refractivity contribution in [1.82, 2.24) is 14.8 Å². The molecule has 1 aromatic heterocycles. The van der Waals surface area contributed by atoms with E-state index in [0.29, 0.717) is 49.7 Å². The minimum atomic E-state index is -0.328. The molecule has 3 rings (SSSR count). The Morgan fingerprint density at radius 2 is 1.52 bits per heavy atom. The highest BCUT2D eigenvalue weighted by Crippen LogP contribution is 2.33. The zero-order chi connectivity index (χ0) is 23.6. The van der Waals surface area contributed by atoms with E-state index < -0.39 is 0 Å². The summed E-state index contributed by atoms with van der Waals surface area (Å²) in [6, 6.07) is 10.9. The molecular weight excluding hydrogens is 422 g/mol. The quantitative estimate of drug-likeness (QED) is 0.432. The first kappa shape index (κ1) is 24.4. The number of pyridine rings is 1. The molecular formula is C25H31N3O5. The van der Waals surface area contributed by atoms with Crippen LogP contribution in [0.3, 0.4) is 0 Å². The van der Waals surface area contributed by atoms with Crippen molar-refractivity contribution in [3.63, 3.8) is 0 Å². The second kappa shape index (κ2) is 12.1. The Kier molecular flexibility index (Phi) is 8.97. The van der Waals surface area contributed by atoms with E-state index in [4.69, 9.17) is 14.2 Å². The third-order valence-corrected chi connectivity index (χ3v) is 5.30. The zero-order valence-electron chi connectivity index (χ0n) is 19.5. The molecule has 2 heterocycles. The molecule has 33 heavy (non-hydrogen) atoms. The average Bonchev–Trinajstić information content (AvgIpc) is 3.08. The second-order valence-electron chi connectivity index (χ2n) is 7.62. The molecule has 0 fully saturated rings. The average molecular weight is 454 g/mol. The van der Waals surface area contributed by atoms with Gasteiger partial charge in [-0.1, -0.05) is 19.1 Å². The predicted octanol–water partition coefficient (Wildman–Crippen LogP) is 2.75. The van der Waals surface area contributed by atoms with Gasteiger partial charge in [0, 0.05) is 39.7 Å². The number of benzene rings is 1. The zero-order valence-corrected chi connectivity index (χ0v) is 19.5. The van der Waals surface area contributed by atoms with Crippen LogP contribution in [0, 0.1) is 0 Å². The molecule has 0 saturated heterocycles. The number of nitrogens with zero attached hydrogens (tertiary/aromatic N) is 3. The predicted molar refractivity (Wildman–Crippen MR) is 124 cm³/mol. The molecule has 2 aromatic rings. The lowest BCUT2D eigenvalue weighted by molar-refractivity contribution is -0.138. The van der Waals surface area contributed by atoms with E-state index in [1.165, 1.54) is 4.90 Å². The molecule has 8 nitrogen and oxygen atoms in total. The van der Waals surface area contributed by atoms with Crippen LogP contribution in [0.5, 0.6) is 5.75 Å². The number of hydrogen-bond donors (Lipinski definition) is 0. The normalized spacial score (nSPS) is 13.7. The van der Waals surface area contributed by atoms with Crippen molar-refractivity contribution in [1.29, 1.82) is 0 Å². The first-order valence-corrected chi connectivity index (χ1v) is 11.1. The summed E-state index contributed by atoms with van der Waals surface area (Å²) < 4.78 is 16.2. The van der Waals surface area contributed by atoms with Gasteiger partial charge in [-0.2, -0.15) is 0 Å². The van der Waals surface area contributed by atoms with Crippen LogP contribution < -0.4 is 4.74 Å². The Balaban J connectivity index is 2.00. The molecule has 1 aliphatic rings. The number of aromatic nitrogens is 1. The molecule has 8 heteroatoms. The van der Waals surface area contributed by atoms with E-state index in [9.17, 15) is 9.59 Å². The molecule has 0 unspecified atom stereocenters. The lowest BCUT2D eigenvalue weighted by atomic mass is 10.0. The maximum absolute atomic E-state index is 13.6. The molecule has 1 aliphatic heterocycles. The minimum absolute atomic E-state index is 0.174. The van der Waals surface area contributed by atoms with Gasteiger partial charge in [0.05, 0.1) is 31.9 Å². The van der Waals surface area contributed by atoms with Gasteiger partial charge in [-0.25, -0.2) is 0 Å². The maximum atomic E-state index is 13.6. The topological polar surface area (TPSA) is 81.2 Å². The second-order valence-corrected chi connectivity index (χ2v) is 7.62. The monoisotopic (exact) mass is 453 g/mol. The van der Waals surface area contributed by atoms with Crippen molar-refractivity contribution in [3.8, 4) is 5.75 Å². The van der Waals surface area contributed by atoms with Crippen LogP contribution in [0.4, 0.5) is 0 Å². The van der Waals surface area contributed by atoms with Crippen LogP contribution >= 0.6 is 0 Å². The Bertz CT molecular complexity index is 952. The molecule has 0 N–H and O–H groups in total. The van der Waals surface area contributed by atoms with Crippen molar-refractivity contribution < 1.29 is 23.8 Å². The standard InChI is InChI=1S/C25H31N3O5/c1-4-15-33-21-7-5-20(6-8-21)22-23(27(13-16-31-2)14-17-32-3)25(30)28(24(22)29)18-19-9-11-26-12-10-19/h5-12H,4,13-18H2,1-3H3. The van der Waals surface area contributed by atoms with Crippen molar-refractivity contribution in [2.24, 2.45) is 0 Å². The Morgan fingerprint density at radius 3 is 2.09 bits per heavy atom. The van der Waals surface area contributed by atoms with Gasteiger partial charge in [0.15, 0.2) is 0 Å². The van der Waals surface area contributed by atoms with Crippen LogP contribution in [0.1, 0.15) is 24.5 Å². The fourth-order valence-corrected chi connectivity index (χ4v) is 3.61. The first-order chi connectivity index (χ1) is 16.1. The summed E-state index contributed by atoms with van der Waals surface area (Å²) in [5, 5.41) is 0. The van der Waals surface area contributed by atoms with Crippen LogP contribution in [-0.2, 0) is 25.6 Å². The Labute approximate surface area is 194 Å². The number of carbonyl (C=O) groups is 2. The number of imide groups is 1. The largest absolute Gasteiger partial charge is 0.494 e. The summed E-state index contributed by atoms with van der Waals surface area (Å²) in [7, 11) is 3.21. The maximum Gasteiger partial charge on any atom is 0.278 e. The number of rotatable bonds is 13. The summed E-state index contributed by atoms with van der Waals surface area (Å²) in [5.74, 6) is 0.0722. The van der Waals surface area contributed by atoms with Gasteiger partial charge in [0.25, 0.3) is 11.8 Å². The summed E-state index contributed by atoms with van der Waals surface area (Å²) >= 11 is 0. The first-order valence-electron chi connectivity index (χ1n) is 11.1. The van der Waals surface area contributed by atoms with Gasteiger partial charge in [-0.15, -0.1) is 0 Å². The van der Waals surface area contributed by atoms with Crippen molar-refractivity contribution in [2.75, 3.05) is 47.1 Å². The number of carbonyl (C=O) groups excluding carboxylic acids is 2. The molecule has 0 bridgehead atoms. The van der Waals surface area contributed by atoms with Crippen LogP contribution in [-0.4, -0.2) is 73.7 Å². The third-order valence-electron chi connectivity index (χ3n) is 5.30. The highest BCUT2D eigenvalue weighted by Gasteiger charge is 2.41. The van der Waals surface area contributed by atoms with Gasteiger partial charge in [0.2, 0.25) is 0 Å². The SMILES string of the molecule is CCCOc1ccc(C2=C(N(CCOC)CCOC)C(=O)N(Cc3ccncc3)C2=O)cc1. The highest BCUT2D eigenvalue weighted by atomic mass is 16.5. The number of amides is 2. The fraction of sp³-hybridized carbons (Fsp3) is 0.400. The molecule has 0 aliphatic carbocycles. The lowest BCUT2D eigenvalue weighted by Crippen LogP contribution is -2.37. The van der Waals surface area contributed by atoms with Gasteiger partial charge >= 0.3 is 0 Å². The molecule has 1 aromatic carbocycles. The van der Waals surface area contributed by atoms with Crippen LogP contribution in [0.25, 0.3) is 5.57 Å². The van der Waals surface area contributed by atoms with Gasteiger partial charge in [-0.05, 0) is 41.8 Å². The van der Waals surface area contributed by atoms with Crippen molar-refractivity contribution >= 4 is 17.4 Å². The molecule has 176 valence electrons.